The summed E-state index contributed by atoms with van der Waals surface area (Å²) in [5.41, 5.74) is 0.862. The van der Waals surface area contributed by atoms with Gasteiger partial charge in [-0.05, 0) is 30.5 Å². The van der Waals surface area contributed by atoms with Crippen LogP contribution >= 0.6 is 23.2 Å². The van der Waals surface area contributed by atoms with E-state index in [9.17, 15) is 19.7 Å². The first kappa shape index (κ1) is 24.6. The molecule has 0 unspecified atom stereocenters. The van der Waals surface area contributed by atoms with Gasteiger partial charge in [0.05, 0.1) is 21.4 Å². The summed E-state index contributed by atoms with van der Waals surface area (Å²) in [7, 11) is 0. The Morgan fingerprint density at radius 3 is 2.45 bits per heavy atom. The van der Waals surface area contributed by atoms with E-state index in [0.717, 1.165) is 6.42 Å². The number of amides is 2. The van der Waals surface area contributed by atoms with Gasteiger partial charge in [0.15, 0.2) is 0 Å². The Morgan fingerprint density at radius 2 is 1.84 bits per heavy atom. The molecule has 0 radical (unpaired) electrons. The lowest BCUT2D eigenvalue weighted by Gasteiger charge is -2.31. The second-order valence-corrected chi connectivity index (χ2v) is 7.86. The van der Waals surface area contributed by atoms with Gasteiger partial charge >= 0.3 is 0 Å². The normalized spacial score (nSPS) is 11.6. The van der Waals surface area contributed by atoms with Gasteiger partial charge in [0.2, 0.25) is 11.8 Å². The van der Waals surface area contributed by atoms with E-state index in [2.05, 4.69) is 5.32 Å². The van der Waals surface area contributed by atoms with Crippen LogP contribution in [0.15, 0.2) is 42.5 Å². The van der Waals surface area contributed by atoms with Crippen molar-refractivity contribution in [2.45, 2.75) is 45.7 Å². The van der Waals surface area contributed by atoms with Crippen molar-refractivity contribution in [1.82, 2.24) is 10.2 Å². The van der Waals surface area contributed by atoms with Gasteiger partial charge in [-0.1, -0.05) is 61.3 Å². The summed E-state index contributed by atoms with van der Waals surface area (Å²) in [6, 6.07) is 10.4. The summed E-state index contributed by atoms with van der Waals surface area (Å²) < 4.78 is 0. The smallest absolute Gasteiger partial charge is 0.273 e. The first-order chi connectivity index (χ1) is 14.8. The maximum atomic E-state index is 13.3. The van der Waals surface area contributed by atoms with Crippen LogP contribution in [0.1, 0.15) is 37.8 Å². The fourth-order valence-electron chi connectivity index (χ4n) is 3.22. The molecule has 0 aromatic heterocycles. The average molecular weight is 466 g/mol. The lowest BCUT2D eigenvalue weighted by Crippen LogP contribution is -2.49. The zero-order valence-corrected chi connectivity index (χ0v) is 18.9. The molecule has 1 N–H and O–H groups in total. The molecule has 2 amide bonds. The van der Waals surface area contributed by atoms with Gasteiger partial charge in [0, 0.05) is 24.7 Å². The maximum Gasteiger partial charge on any atom is 0.273 e. The molecule has 9 heteroatoms. The van der Waals surface area contributed by atoms with Crippen molar-refractivity contribution in [1.29, 1.82) is 0 Å². The van der Waals surface area contributed by atoms with Gasteiger partial charge in [-0.3, -0.25) is 19.7 Å². The number of nitrogens with zero attached hydrogens (tertiary/aromatic N) is 2. The third-order valence-electron chi connectivity index (χ3n) is 4.80. The highest BCUT2D eigenvalue weighted by Crippen LogP contribution is 2.25. The van der Waals surface area contributed by atoms with Crippen LogP contribution in [0.2, 0.25) is 10.0 Å². The Hall–Kier alpha value is -2.64. The maximum absolute atomic E-state index is 13.3. The fraction of sp³-hybridized carbons (Fsp3) is 0.364. The summed E-state index contributed by atoms with van der Waals surface area (Å²) in [5, 5.41) is 14.9. The van der Waals surface area contributed by atoms with E-state index >= 15 is 0 Å². The number of rotatable bonds is 10. The van der Waals surface area contributed by atoms with Crippen LogP contribution in [-0.2, 0) is 22.6 Å². The van der Waals surface area contributed by atoms with Crippen molar-refractivity contribution in [2.75, 3.05) is 6.54 Å². The highest BCUT2D eigenvalue weighted by Gasteiger charge is 2.29. The van der Waals surface area contributed by atoms with Crippen molar-refractivity contribution in [3.8, 4) is 0 Å². The molecule has 0 heterocycles. The lowest BCUT2D eigenvalue weighted by atomic mass is 10.1. The van der Waals surface area contributed by atoms with Crippen molar-refractivity contribution >= 4 is 40.7 Å². The van der Waals surface area contributed by atoms with Crippen molar-refractivity contribution in [3.05, 3.63) is 73.8 Å². The molecule has 0 aliphatic carbocycles. The minimum Gasteiger partial charge on any atom is -0.354 e. The summed E-state index contributed by atoms with van der Waals surface area (Å²) >= 11 is 12.1. The summed E-state index contributed by atoms with van der Waals surface area (Å²) in [6.07, 6.45) is 0.953. The third kappa shape index (κ3) is 6.67. The fourth-order valence-corrected chi connectivity index (χ4v) is 3.54. The topological polar surface area (TPSA) is 92.6 Å². The molecule has 7 nitrogen and oxygen atoms in total. The number of nitrogens with one attached hydrogen (secondary N) is 1. The molecule has 0 aliphatic rings. The summed E-state index contributed by atoms with van der Waals surface area (Å²) in [4.78, 5) is 38.3. The zero-order valence-electron chi connectivity index (χ0n) is 17.4. The Morgan fingerprint density at radius 1 is 1.13 bits per heavy atom. The first-order valence-corrected chi connectivity index (χ1v) is 10.8. The van der Waals surface area contributed by atoms with Crippen LogP contribution in [0.4, 0.5) is 5.69 Å². The number of carbonyl (C=O) groups is 2. The van der Waals surface area contributed by atoms with E-state index < -0.39 is 11.0 Å². The van der Waals surface area contributed by atoms with Gasteiger partial charge < -0.3 is 10.2 Å². The van der Waals surface area contributed by atoms with Crippen molar-refractivity contribution in [3.63, 3.8) is 0 Å². The predicted molar refractivity (Wildman–Crippen MR) is 121 cm³/mol. The quantitative estimate of drug-likeness (QED) is 0.403. The zero-order chi connectivity index (χ0) is 23.0. The average Bonchev–Trinajstić information content (AvgIpc) is 2.74. The van der Waals surface area contributed by atoms with Gasteiger partial charge in [-0.15, -0.1) is 0 Å². The molecule has 0 spiro atoms. The number of para-hydroxylation sites is 1. The number of carbonyl (C=O) groups excluding carboxylic acids is 2. The SMILES string of the molecule is CCCNC(=O)[C@@H](CC)N(Cc1ccc(Cl)c(Cl)c1)C(=O)Cc1ccccc1[N+](=O)[O-]. The number of nitro benzene ring substituents is 1. The minimum absolute atomic E-state index is 0.119. The van der Waals surface area contributed by atoms with Crippen LogP contribution in [0, 0.1) is 10.1 Å². The van der Waals surface area contributed by atoms with Gasteiger partial charge in [0.25, 0.3) is 5.69 Å². The van der Waals surface area contributed by atoms with Gasteiger partial charge in [-0.2, -0.15) is 0 Å². The minimum atomic E-state index is -0.726. The van der Waals surface area contributed by atoms with E-state index in [4.69, 9.17) is 23.2 Å². The highest BCUT2D eigenvalue weighted by molar-refractivity contribution is 6.42. The van der Waals surface area contributed by atoms with Crippen LogP contribution in [0.3, 0.4) is 0 Å². The number of halogens is 2. The van der Waals surface area contributed by atoms with E-state index in [1.54, 1.807) is 36.4 Å². The van der Waals surface area contributed by atoms with Crippen LogP contribution in [-0.4, -0.2) is 34.2 Å². The van der Waals surface area contributed by atoms with E-state index in [0.29, 0.717) is 34.1 Å². The monoisotopic (exact) mass is 465 g/mol. The van der Waals surface area contributed by atoms with Crippen molar-refractivity contribution in [2.24, 2.45) is 0 Å². The third-order valence-corrected chi connectivity index (χ3v) is 5.54. The highest BCUT2D eigenvalue weighted by atomic mass is 35.5. The Labute approximate surface area is 191 Å². The van der Waals surface area contributed by atoms with E-state index in [1.807, 2.05) is 13.8 Å². The van der Waals surface area contributed by atoms with Gasteiger partial charge in [0.1, 0.15) is 6.04 Å². The molecular weight excluding hydrogens is 441 g/mol. The molecule has 2 rings (SSSR count). The molecule has 0 saturated carbocycles. The molecular formula is C22H25Cl2N3O4. The standard InChI is InChI=1S/C22H25Cl2N3O4/c1-3-11-25-22(29)19(4-2)26(14-15-9-10-17(23)18(24)12-15)21(28)13-16-7-5-6-8-20(16)27(30)31/h5-10,12,19H,3-4,11,13-14H2,1-2H3,(H,25,29)/t19-/m1/s1. The molecule has 1 atom stereocenters. The van der Waals surface area contributed by atoms with Crippen LogP contribution in [0.5, 0.6) is 0 Å². The second kappa shape index (κ2) is 11.7. The van der Waals surface area contributed by atoms with Crippen LogP contribution < -0.4 is 5.32 Å². The van der Waals surface area contributed by atoms with Gasteiger partial charge in [-0.25, -0.2) is 0 Å². The Balaban J connectivity index is 2.37. The first-order valence-electron chi connectivity index (χ1n) is 10.0. The van der Waals surface area contributed by atoms with E-state index in [1.165, 1.54) is 11.0 Å². The lowest BCUT2D eigenvalue weighted by molar-refractivity contribution is -0.385. The molecule has 166 valence electrons. The Bertz CT molecular complexity index is 952. The summed E-state index contributed by atoms with van der Waals surface area (Å²) in [5.74, 6) is -0.654. The number of benzene rings is 2. The molecule has 2 aromatic carbocycles. The largest absolute Gasteiger partial charge is 0.354 e. The molecule has 0 bridgehead atoms. The molecule has 0 aliphatic heterocycles. The Kier molecular flexibility index (Phi) is 9.27. The van der Waals surface area contributed by atoms with Crippen LogP contribution in [0.25, 0.3) is 0 Å². The number of nitro groups is 1. The number of hydrogen-bond donors (Lipinski definition) is 1. The van der Waals surface area contributed by atoms with E-state index in [-0.39, 0.29) is 30.5 Å². The molecule has 2 aromatic rings. The number of hydrogen-bond acceptors (Lipinski definition) is 4. The molecule has 0 fully saturated rings. The summed E-state index contributed by atoms with van der Waals surface area (Å²) in [6.45, 7) is 4.37. The van der Waals surface area contributed by atoms with Crippen molar-refractivity contribution < 1.29 is 14.5 Å². The second-order valence-electron chi connectivity index (χ2n) is 7.05. The predicted octanol–water partition coefficient (Wildman–Crippen LogP) is 4.78. The molecule has 0 saturated heterocycles. The molecule has 31 heavy (non-hydrogen) atoms.